The summed E-state index contributed by atoms with van der Waals surface area (Å²) in [4.78, 5) is 14.0. The summed E-state index contributed by atoms with van der Waals surface area (Å²) >= 11 is 3.19. The average molecular weight is 360 g/mol. The number of carbonyl (C=O) groups is 1. The highest BCUT2D eigenvalue weighted by Crippen LogP contribution is 2.20. The highest BCUT2D eigenvalue weighted by molar-refractivity contribution is 9.10. The summed E-state index contributed by atoms with van der Waals surface area (Å²) in [5.74, 6) is -0.426. The standard InChI is InChI=1S/C14H18BrNO3S/c15-13-5-4-11(10-12(13)14(17)18)20(19)9-3-8-16-6-1-2-7-16/h4-5,10H,1-3,6-9H2,(H,17,18). The highest BCUT2D eigenvalue weighted by atomic mass is 79.9. The molecule has 1 unspecified atom stereocenters. The van der Waals surface area contributed by atoms with Gasteiger partial charge < -0.3 is 10.0 Å². The third kappa shape index (κ3) is 4.14. The van der Waals surface area contributed by atoms with E-state index in [4.69, 9.17) is 5.11 Å². The van der Waals surface area contributed by atoms with Gasteiger partial charge in [-0.3, -0.25) is 4.21 Å². The summed E-state index contributed by atoms with van der Waals surface area (Å²) in [7, 11) is -1.13. The monoisotopic (exact) mass is 359 g/mol. The van der Waals surface area contributed by atoms with Gasteiger partial charge in [-0.2, -0.15) is 0 Å². The van der Waals surface area contributed by atoms with Crippen LogP contribution in [0.15, 0.2) is 27.6 Å². The highest BCUT2D eigenvalue weighted by Gasteiger charge is 2.14. The van der Waals surface area contributed by atoms with Crippen molar-refractivity contribution in [3.63, 3.8) is 0 Å². The van der Waals surface area contributed by atoms with Gasteiger partial charge >= 0.3 is 5.97 Å². The fourth-order valence-electron chi connectivity index (χ4n) is 2.35. The Bertz CT molecular complexity index is 515. The van der Waals surface area contributed by atoms with Crippen LogP contribution in [-0.2, 0) is 10.8 Å². The Hall–Kier alpha value is -0.720. The summed E-state index contributed by atoms with van der Waals surface area (Å²) in [5.41, 5.74) is 0.162. The minimum absolute atomic E-state index is 0.162. The lowest BCUT2D eigenvalue weighted by Gasteiger charge is -2.13. The lowest BCUT2D eigenvalue weighted by atomic mass is 10.2. The van der Waals surface area contributed by atoms with Crippen LogP contribution in [-0.4, -0.2) is 45.6 Å². The van der Waals surface area contributed by atoms with Crippen molar-refractivity contribution in [1.29, 1.82) is 0 Å². The summed E-state index contributed by atoms with van der Waals surface area (Å²) in [6.45, 7) is 3.27. The first-order chi connectivity index (χ1) is 9.58. The first-order valence-electron chi connectivity index (χ1n) is 6.71. The molecule has 1 aliphatic heterocycles. The average Bonchev–Trinajstić information content (AvgIpc) is 2.92. The number of likely N-dealkylation sites (tertiary alicyclic amines) is 1. The molecule has 1 aliphatic rings. The molecule has 0 spiro atoms. The Kier molecular flexibility index (Phi) is 5.74. The Morgan fingerprint density at radius 2 is 2.05 bits per heavy atom. The summed E-state index contributed by atoms with van der Waals surface area (Å²) in [6.07, 6.45) is 3.40. The maximum atomic E-state index is 12.2. The van der Waals surface area contributed by atoms with Crippen molar-refractivity contribution in [3.8, 4) is 0 Å². The van der Waals surface area contributed by atoms with Gasteiger partial charge in [0.05, 0.1) is 16.4 Å². The SMILES string of the molecule is O=C(O)c1cc(S(=O)CCCN2CCCC2)ccc1Br. The number of benzene rings is 1. The predicted molar refractivity (Wildman–Crippen MR) is 82.7 cm³/mol. The quantitative estimate of drug-likeness (QED) is 0.848. The molecule has 2 rings (SSSR count). The minimum atomic E-state index is -1.13. The minimum Gasteiger partial charge on any atom is -0.478 e. The van der Waals surface area contributed by atoms with Crippen molar-refractivity contribution < 1.29 is 14.1 Å². The molecule has 0 aromatic heterocycles. The van der Waals surface area contributed by atoms with Gasteiger partial charge in [-0.1, -0.05) is 0 Å². The van der Waals surface area contributed by atoms with Crippen molar-refractivity contribution in [1.82, 2.24) is 4.90 Å². The zero-order valence-corrected chi connectivity index (χ0v) is 13.6. The van der Waals surface area contributed by atoms with E-state index >= 15 is 0 Å². The van der Waals surface area contributed by atoms with Gasteiger partial charge in [0, 0.05) is 15.1 Å². The maximum Gasteiger partial charge on any atom is 0.336 e. The van der Waals surface area contributed by atoms with Crippen LogP contribution in [0.2, 0.25) is 0 Å². The molecular formula is C14H18BrNO3S. The van der Waals surface area contributed by atoms with Crippen LogP contribution in [0.1, 0.15) is 29.6 Å². The largest absolute Gasteiger partial charge is 0.478 e. The predicted octanol–water partition coefficient (Wildman–Crippen LogP) is 2.74. The second-order valence-electron chi connectivity index (χ2n) is 4.90. The second kappa shape index (κ2) is 7.33. The summed E-state index contributed by atoms with van der Waals surface area (Å²) in [6, 6.07) is 4.87. The van der Waals surface area contributed by atoms with Gasteiger partial charge in [0.15, 0.2) is 0 Å². The Morgan fingerprint density at radius 3 is 2.70 bits per heavy atom. The van der Waals surface area contributed by atoms with E-state index in [0.717, 1.165) is 26.1 Å². The maximum absolute atomic E-state index is 12.2. The molecule has 0 amide bonds. The van der Waals surface area contributed by atoms with Crippen molar-refractivity contribution in [2.45, 2.75) is 24.2 Å². The fourth-order valence-corrected chi connectivity index (χ4v) is 3.87. The van der Waals surface area contributed by atoms with Crippen molar-refractivity contribution >= 4 is 32.7 Å². The van der Waals surface area contributed by atoms with E-state index in [2.05, 4.69) is 20.8 Å². The molecule has 110 valence electrons. The number of carboxylic acid groups (broad SMARTS) is 1. The molecule has 0 aliphatic carbocycles. The molecule has 1 heterocycles. The molecule has 1 N–H and O–H groups in total. The Balaban J connectivity index is 1.91. The first kappa shape index (κ1) is 15.7. The molecule has 1 aromatic rings. The van der Waals surface area contributed by atoms with Crippen LogP contribution in [0, 0.1) is 0 Å². The zero-order valence-electron chi connectivity index (χ0n) is 11.2. The second-order valence-corrected chi connectivity index (χ2v) is 7.32. The first-order valence-corrected chi connectivity index (χ1v) is 8.82. The number of aromatic carboxylic acids is 1. The van der Waals surface area contributed by atoms with Crippen molar-refractivity contribution in [3.05, 3.63) is 28.2 Å². The van der Waals surface area contributed by atoms with Crippen molar-refractivity contribution in [2.24, 2.45) is 0 Å². The van der Waals surface area contributed by atoms with E-state index in [1.807, 2.05) is 0 Å². The lowest BCUT2D eigenvalue weighted by molar-refractivity contribution is 0.0695. The summed E-state index contributed by atoms with van der Waals surface area (Å²) < 4.78 is 12.7. The number of rotatable bonds is 6. The van der Waals surface area contributed by atoms with E-state index < -0.39 is 16.8 Å². The molecular weight excluding hydrogens is 342 g/mol. The molecule has 1 fully saturated rings. The fraction of sp³-hybridized carbons (Fsp3) is 0.500. The third-order valence-electron chi connectivity index (χ3n) is 3.43. The molecule has 0 saturated carbocycles. The lowest BCUT2D eigenvalue weighted by Crippen LogP contribution is -2.21. The van der Waals surface area contributed by atoms with Crippen LogP contribution in [0.5, 0.6) is 0 Å². The van der Waals surface area contributed by atoms with Crippen molar-refractivity contribution in [2.75, 3.05) is 25.4 Å². The van der Waals surface area contributed by atoms with Gasteiger partial charge in [-0.15, -0.1) is 0 Å². The van der Waals surface area contributed by atoms with Gasteiger partial charge in [-0.05, 0) is 73.0 Å². The van der Waals surface area contributed by atoms with Crippen LogP contribution in [0.3, 0.4) is 0 Å². The molecule has 4 nitrogen and oxygen atoms in total. The molecule has 1 saturated heterocycles. The molecule has 1 atom stereocenters. The topological polar surface area (TPSA) is 57.6 Å². The van der Waals surface area contributed by atoms with Crippen LogP contribution >= 0.6 is 15.9 Å². The normalized spacial score (nSPS) is 17.2. The molecule has 0 bridgehead atoms. The van der Waals surface area contributed by atoms with E-state index in [1.54, 1.807) is 12.1 Å². The molecule has 0 radical (unpaired) electrons. The number of carboxylic acids is 1. The molecule has 6 heteroatoms. The van der Waals surface area contributed by atoms with Gasteiger partial charge in [-0.25, -0.2) is 4.79 Å². The molecule has 20 heavy (non-hydrogen) atoms. The van der Waals surface area contributed by atoms with Gasteiger partial charge in [0.1, 0.15) is 0 Å². The number of nitrogens with zero attached hydrogens (tertiary/aromatic N) is 1. The zero-order chi connectivity index (χ0) is 14.5. The number of halogens is 1. The summed E-state index contributed by atoms with van der Waals surface area (Å²) in [5, 5.41) is 9.06. The van der Waals surface area contributed by atoms with E-state index in [1.165, 1.54) is 18.9 Å². The van der Waals surface area contributed by atoms with Gasteiger partial charge in [0.25, 0.3) is 0 Å². The number of hydrogen-bond donors (Lipinski definition) is 1. The van der Waals surface area contributed by atoms with E-state index in [9.17, 15) is 9.00 Å². The Labute approximate surface area is 129 Å². The number of hydrogen-bond acceptors (Lipinski definition) is 3. The van der Waals surface area contributed by atoms with Gasteiger partial charge in [0.2, 0.25) is 0 Å². The Morgan fingerprint density at radius 1 is 1.35 bits per heavy atom. The van der Waals surface area contributed by atoms with Crippen LogP contribution in [0.4, 0.5) is 0 Å². The van der Waals surface area contributed by atoms with Crippen LogP contribution in [0.25, 0.3) is 0 Å². The van der Waals surface area contributed by atoms with E-state index in [0.29, 0.717) is 15.1 Å². The smallest absolute Gasteiger partial charge is 0.336 e. The van der Waals surface area contributed by atoms with Crippen LogP contribution < -0.4 is 0 Å². The third-order valence-corrected chi connectivity index (χ3v) is 5.56. The van der Waals surface area contributed by atoms with E-state index in [-0.39, 0.29) is 5.56 Å². The molecule has 1 aromatic carbocycles.